The van der Waals surface area contributed by atoms with Crippen LogP contribution in [0.4, 0.5) is 0 Å². The largest absolute Gasteiger partial charge is 0.388 e. The Bertz CT molecular complexity index is 385. The third-order valence-corrected chi connectivity index (χ3v) is 4.80. The molecule has 0 aromatic heterocycles. The third kappa shape index (κ3) is 3.89. The summed E-state index contributed by atoms with van der Waals surface area (Å²) in [6, 6.07) is 10.4. The Balaban J connectivity index is 1.84. The number of allylic oxidation sites excluding steroid dienone is 1. The van der Waals surface area contributed by atoms with Crippen molar-refractivity contribution in [3.05, 3.63) is 42.0 Å². The molecule has 0 spiro atoms. The van der Waals surface area contributed by atoms with Crippen molar-refractivity contribution in [2.45, 2.75) is 43.6 Å². The Labute approximate surface area is 114 Å². The first-order valence-electron chi connectivity index (χ1n) is 6.82. The summed E-state index contributed by atoms with van der Waals surface area (Å²) in [5.74, 6) is 1.29. The van der Waals surface area contributed by atoms with Crippen LogP contribution in [-0.2, 0) is 0 Å². The summed E-state index contributed by atoms with van der Waals surface area (Å²) in [6.45, 7) is 2.15. The fourth-order valence-electron chi connectivity index (χ4n) is 2.33. The number of thioether (sulfide) groups is 1. The zero-order valence-corrected chi connectivity index (χ0v) is 11.8. The van der Waals surface area contributed by atoms with Crippen LogP contribution in [0.15, 0.2) is 46.9 Å². The molecule has 0 saturated carbocycles. The highest BCUT2D eigenvalue weighted by atomic mass is 32.2. The molecule has 0 saturated heterocycles. The smallest absolute Gasteiger partial charge is 0.0783 e. The van der Waals surface area contributed by atoms with Crippen molar-refractivity contribution < 1.29 is 5.11 Å². The molecule has 2 heteroatoms. The number of aliphatic hydroxyl groups excluding tert-OH is 1. The summed E-state index contributed by atoms with van der Waals surface area (Å²) in [4.78, 5) is 1.29. The van der Waals surface area contributed by atoms with Gasteiger partial charge in [-0.3, -0.25) is 0 Å². The van der Waals surface area contributed by atoms with Gasteiger partial charge in [-0.25, -0.2) is 0 Å². The third-order valence-electron chi connectivity index (χ3n) is 3.50. The molecule has 0 fully saturated rings. The van der Waals surface area contributed by atoms with Crippen molar-refractivity contribution in [1.29, 1.82) is 0 Å². The van der Waals surface area contributed by atoms with Gasteiger partial charge in [-0.05, 0) is 49.3 Å². The molecule has 0 aliphatic heterocycles. The van der Waals surface area contributed by atoms with Crippen LogP contribution in [0.5, 0.6) is 0 Å². The highest BCUT2D eigenvalue weighted by Gasteiger charge is 2.19. The van der Waals surface area contributed by atoms with Gasteiger partial charge in [0.2, 0.25) is 0 Å². The molecular weight excluding hydrogens is 240 g/mol. The van der Waals surface area contributed by atoms with E-state index in [2.05, 4.69) is 37.3 Å². The second kappa shape index (κ2) is 7.01. The molecule has 0 bridgehead atoms. The second-order valence-electron chi connectivity index (χ2n) is 5.07. The first-order chi connectivity index (χ1) is 8.77. The lowest BCUT2D eigenvalue weighted by atomic mass is 9.90. The SMILES string of the molecule is C[C@H](CSc1ccccc1)[C@H](O)C1=CCCCC1. The lowest BCUT2D eigenvalue weighted by molar-refractivity contribution is 0.156. The summed E-state index contributed by atoms with van der Waals surface area (Å²) in [5.41, 5.74) is 1.27. The van der Waals surface area contributed by atoms with Crippen molar-refractivity contribution >= 4 is 11.8 Å². The van der Waals surface area contributed by atoms with Crippen LogP contribution in [0.1, 0.15) is 32.6 Å². The molecule has 2 atom stereocenters. The summed E-state index contributed by atoms with van der Waals surface area (Å²) in [6.07, 6.45) is 6.75. The average Bonchev–Trinajstić information content (AvgIpc) is 2.46. The second-order valence-corrected chi connectivity index (χ2v) is 6.16. The van der Waals surface area contributed by atoms with Crippen LogP contribution in [-0.4, -0.2) is 17.0 Å². The van der Waals surface area contributed by atoms with Crippen molar-refractivity contribution in [3.8, 4) is 0 Å². The topological polar surface area (TPSA) is 20.2 Å². The van der Waals surface area contributed by atoms with Crippen molar-refractivity contribution in [2.75, 3.05) is 5.75 Å². The predicted molar refractivity (Wildman–Crippen MR) is 78.9 cm³/mol. The molecular formula is C16H22OS. The average molecular weight is 262 g/mol. The molecule has 1 nitrogen and oxygen atoms in total. The molecule has 1 N–H and O–H groups in total. The van der Waals surface area contributed by atoms with Gasteiger partial charge in [0, 0.05) is 10.6 Å². The van der Waals surface area contributed by atoms with Crippen LogP contribution in [0, 0.1) is 5.92 Å². The Morgan fingerprint density at radius 1 is 1.22 bits per heavy atom. The Morgan fingerprint density at radius 2 is 2.00 bits per heavy atom. The highest BCUT2D eigenvalue weighted by molar-refractivity contribution is 7.99. The van der Waals surface area contributed by atoms with Gasteiger partial charge in [0.15, 0.2) is 0 Å². The zero-order chi connectivity index (χ0) is 12.8. The van der Waals surface area contributed by atoms with E-state index in [1.165, 1.54) is 23.3 Å². The van der Waals surface area contributed by atoms with Crippen molar-refractivity contribution in [2.24, 2.45) is 5.92 Å². The Hall–Kier alpha value is -0.730. The molecule has 18 heavy (non-hydrogen) atoms. The first-order valence-corrected chi connectivity index (χ1v) is 7.81. The maximum Gasteiger partial charge on any atom is 0.0783 e. The van der Waals surface area contributed by atoms with E-state index in [9.17, 15) is 5.11 Å². The lowest BCUT2D eigenvalue weighted by Gasteiger charge is -2.24. The molecule has 1 aliphatic rings. The van der Waals surface area contributed by atoms with Crippen LogP contribution in [0.3, 0.4) is 0 Å². The van der Waals surface area contributed by atoms with E-state index in [4.69, 9.17) is 0 Å². The van der Waals surface area contributed by atoms with E-state index in [1.807, 2.05) is 17.8 Å². The van der Waals surface area contributed by atoms with Crippen LogP contribution in [0.25, 0.3) is 0 Å². The van der Waals surface area contributed by atoms with Gasteiger partial charge < -0.3 is 5.11 Å². The normalized spacial score (nSPS) is 19.1. The van der Waals surface area contributed by atoms with Gasteiger partial charge >= 0.3 is 0 Å². The summed E-state index contributed by atoms with van der Waals surface area (Å²) in [5, 5.41) is 10.3. The summed E-state index contributed by atoms with van der Waals surface area (Å²) >= 11 is 1.83. The molecule has 0 heterocycles. The molecule has 1 aromatic carbocycles. The number of hydrogen-bond donors (Lipinski definition) is 1. The number of aliphatic hydroxyl groups is 1. The van der Waals surface area contributed by atoms with E-state index < -0.39 is 0 Å². The lowest BCUT2D eigenvalue weighted by Crippen LogP contribution is -2.23. The molecule has 0 radical (unpaired) electrons. The minimum atomic E-state index is -0.249. The van der Waals surface area contributed by atoms with E-state index in [0.717, 1.165) is 18.6 Å². The number of benzene rings is 1. The van der Waals surface area contributed by atoms with E-state index in [-0.39, 0.29) is 6.10 Å². The van der Waals surface area contributed by atoms with Crippen LogP contribution in [0.2, 0.25) is 0 Å². The fourth-order valence-corrected chi connectivity index (χ4v) is 3.32. The van der Waals surface area contributed by atoms with Gasteiger partial charge in [0.1, 0.15) is 0 Å². The quantitative estimate of drug-likeness (QED) is 0.631. The van der Waals surface area contributed by atoms with Gasteiger partial charge in [-0.15, -0.1) is 11.8 Å². The van der Waals surface area contributed by atoms with Gasteiger partial charge in [0.05, 0.1) is 6.10 Å². The minimum absolute atomic E-state index is 0.249. The molecule has 0 unspecified atom stereocenters. The van der Waals surface area contributed by atoms with E-state index in [0.29, 0.717) is 5.92 Å². The van der Waals surface area contributed by atoms with Gasteiger partial charge in [0.25, 0.3) is 0 Å². The molecule has 1 aromatic rings. The summed E-state index contributed by atoms with van der Waals surface area (Å²) < 4.78 is 0. The van der Waals surface area contributed by atoms with Crippen LogP contribution < -0.4 is 0 Å². The Kier molecular flexibility index (Phi) is 5.33. The maximum atomic E-state index is 10.3. The van der Waals surface area contributed by atoms with Crippen molar-refractivity contribution in [3.63, 3.8) is 0 Å². The van der Waals surface area contributed by atoms with Gasteiger partial charge in [-0.1, -0.05) is 31.2 Å². The Morgan fingerprint density at radius 3 is 2.67 bits per heavy atom. The molecule has 0 amide bonds. The van der Waals surface area contributed by atoms with E-state index >= 15 is 0 Å². The zero-order valence-electron chi connectivity index (χ0n) is 11.0. The molecule has 2 rings (SSSR count). The number of rotatable bonds is 5. The van der Waals surface area contributed by atoms with Crippen LogP contribution >= 0.6 is 11.8 Å². The minimum Gasteiger partial charge on any atom is -0.388 e. The van der Waals surface area contributed by atoms with E-state index in [1.54, 1.807) is 0 Å². The summed E-state index contributed by atoms with van der Waals surface area (Å²) in [7, 11) is 0. The van der Waals surface area contributed by atoms with Crippen molar-refractivity contribution in [1.82, 2.24) is 0 Å². The highest BCUT2D eigenvalue weighted by Crippen LogP contribution is 2.28. The monoisotopic (exact) mass is 262 g/mol. The standard InChI is InChI=1S/C16H22OS/c1-13(12-18-15-10-6-3-7-11-15)16(17)14-8-4-2-5-9-14/h3,6-8,10-11,13,16-17H,2,4-5,9,12H2,1H3/t13-,16+/m1/s1. The number of hydrogen-bond acceptors (Lipinski definition) is 2. The molecule has 98 valence electrons. The first kappa shape index (κ1) is 13.7. The molecule has 1 aliphatic carbocycles. The maximum absolute atomic E-state index is 10.3. The fraction of sp³-hybridized carbons (Fsp3) is 0.500. The predicted octanol–water partition coefficient (Wildman–Crippen LogP) is 4.28. The van der Waals surface area contributed by atoms with Gasteiger partial charge in [-0.2, -0.15) is 0 Å².